The lowest BCUT2D eigenvalue weighted by Gasteiger charge is -2.54. The van der Waals surface area contributed by atoms with E-state index in [0.717, 1.165) is 5.82 Å². The molecule has 0 radical (unpaired) electrons. The number of aromatic nitrogens is 2. The van der Waals surface area contributed by atoms with E-state index in [2.05, 4.69) is 52.0 Å². The first-order valence-corrected chi connectivity index (χ1v) is 10.5. The predicted octanol–water partition coefficient (Wildman–Crippen LogP) is 4.26. The lowest BCUT2D eigenvalue weighted by atomic mass is 9.54. The van der Waals surface area contributed by atoms with Crippen LogP contribution in [0.2, 0.25) is 0 Å². The van der Waals surface area contributed by atoms with Crippen molar-refractivity contribution in [3.05, 3.63) is 63.8 Å². The number of dihydropyridines is 1. The minimum atomic E-state index is -0.904. The summed E-state index contributed by atoms with van der Waals surface area (Å²) < 4.78 is 1.96. The third kappa shape index (κ3) is 2.08. The molecular formula is C24H27N3O2. The Kier molecular flexibility index (Phi) is 3.59. The summed E-state index contributed by atoms with van der Waals surface area (Å²) in [6.45, 7) is 11.5. The summed E-state index contributed by atoms with van der Waals surface area (Å²) in [4.78, 5) is 22.0. The van der Waals surface area contributed by atoms with Gasteiger partial charge in [-0.15, -0.1) is 0 Å². The molecule has 0 bridgehead atoms. The van der Waals surface area contributed by atoms with Gasteiger partial charge in [-0.25, -0.2) is 9.78 Å². The van der Waals surface area contributed by atoms with E-state index in [0.29, 0.717) is 24.4 Å². The molecule has 5 heteroatoms. The summed E-state index contributed by atoms with van der Waals surface area (Å²) in [5.74, 6) is 0.199. The summed E-state index contributed by atoms with van der Waals surface area (Å²) >= 11 is 0. The number of nitrogens with zero attached hydrogens (tertiary/aromatic N) is 3. The van der Waals surface area contributed by atoms with Crippen LogP contribution in [0.3, 0.4) is 0 Å². The summed E-state index contributed by atoms with van der Waals surface area (Å²) in [6.07, 6.45) is 2.62. The van der Waals surface area contributed by atoms with E-state index in [4.69, 9.17) is 9.98 Å². The van der Waals surface area contributed by atoms with Gasteiger partial charge in [-0.3, -0.25) is 4.99 Å². The third-order valence-electron chi connectivity index (χ3n) is 7.37. The first-order chi connectivity index (χ1) is 13.7. The zero-order valence-corrected chi connectivity index (χ0v) is 17.7. The van der Waals surface area contributed by atoms with E-state index in [1.54, 1.807) is 0 Å². The number of aryl methyl sites for hydroxylation is 1. The lowest BCUT2D eigenvalue weighted by Crippen LogP contribution is -2.53. The molecule has 4 unspecified atom stereocenters. The third-order valence-corrected chi connectivity index (χ3v) is 7.37. The molecule has 150 valence electrons. The number of rotatable bonds is 2. The monoisotopic (exact) mass is 389 g/mol. The molecule has 3 aliphatic rings. The highest BCUT2D eigenvalue weighted by molar-refractivity contribution is 5.89. The minimum Gasteiger partial charge on any atom is -0.477 e. The van der Waals surface area contributed by atoms with Crippen LogP contribution in [0.25, 0.3) is 0 Å². The second-order valence-electron chi connectivity index (χ2n) is 9.10. The number of hydrogen-bond donors (Lipinski definition) is 1. The number of aromatic carboxylic acids is 1. The Labute approximate surface area is 171 Å². The van der Waals surface area contributed by atoms with Gasteiger partial charge in [0, 0.05) is 24.1 Å². The Morgan fingerprint density at radius 2 is 2.00 bits per heavy atom. The maximum atomic E-state index is 12.2. The van der Waals surface area contributed by atoms with Gasteiger partial charge >= 0.3 is 5.97 Å². The van der Waals surface area contributed by atoms with E-state index >= 15 is 0 Å². The highest BCUT2D eigenvalue weighted by atomic mass is 16.4. The predicted molar refractivity (Wildman–Crippen MR) is 113 cm³/mol. The minimum absolute atomic E-state index is 0.117. The fourth-order valence-electron chi connectivity index (χ4n) is 6.25. The highest BCUT2D eigenvalue weighted by Crippen LogP contribution is 2.58. The molecule has 0 saturated carbocycles. The second-order valence-corrected chi connectivity index (χ2v) is 9.10. The van der Waals surface area contributed by atoms with Crippen molar-refractivity contribution >= 4 is 12.2 Å². The van der Waals surface area contributed by atoms with Crippen LogP contribution in [-0.2, 0) is 23.8 Å². The van der Waals surface area contributed by atoms with Crippen molar-refractivity contribution < 1.29 is 9.90 Å². The Morgan fingerprint density at radius 1 is 1.28 bits per heavy atom. The van der Waals surface area contributed by atoms with Crippen LogP contribution in [-0.4, -0.2) is 32.9 Å². The molecule has 5 nitrogen and oxygen atoms in total. The largest absolute Gasteiger partial charge is 0.477 e. The van der Waals surface area contributed by atoms with Gasteiger partial charge in [-0.1, -0.05) is 38.1 Å². The van der Waals surface area contributed by atoms with Gasteiger partial charge in [0.1, 0.15) is 5.82 Å². The molecule has 0 saturated heterocycles. The van der Waals surface area contributed by atoms with Gasteiger partial charge in [0.25, 0.3) is 0 Å². The van der Waals surface area contributed by atoms with Crippen LogP contribution >= 0.6 is 0 Å². The van der Waals surface area contributed by atoms with Gasteiger partial charge in [-0.05, 0) is 49.5 Å². The molecule has 3 heterocycles. The molecule has 5 rings (SSSR count). The average molecular weight is 389 g/mol. The average Bonchev–Trinajstić information content (AvgIpc) is 3.07. The van der Waals surface area contributed by atoms with Gasteiger partial charge in [0.15, 0.2) is 5.69 Å². The van der Waals surface area contributed by atoms with E-state index in [-0.39, 0.29) is 17.4 Å². The SMILES string of the molecule is CCc1nc2n(c1C(=O)O)CC1(C)C3=C(C(C)N=CC32C)C(C)c2ccccc21. The topological polar surface area (TPSA) is 67.5 Å². The van der Waals surface area contributed by atoms with Crippen molar-refractivity contribution in [2.24, 2.45) is 4.99 Å². The number of allylic oxidation sites excluding steroid dienone is 1. The fourth-order valence-corrected chi connectivity index (χ4v) is 6.25. The van der Waals surface area contributed by atoms with Gasteiger partial charge in [-0.2, -0.15) is 0 Å². The van der Waals surface area contributed by atoms with Gasteiger partial charge in [0.05, 0.1) is 17.2 Å². The van der Waals surface area contributed by atoms with Crippen LogP contribution in [0.15, 0.2) is 40.4 Å². The van der Waals surface area contributed by atoms with Crippen molar-refractivity contribution in [1.82, 2.24) is 9.55 Å². The van der Waals surface area contributed by atoms with Crippen LogP contribution < -0.4 is 0 Å². The Hall–Kier alpha value is -2.69. The number of carboxylic acid groups (broad SMARTS) is 1. The fraction of sp³-hybridized carbons (Fsp3) is 0.458. The van der Waals surface area contributed by atoms with Crippen molar-refractivity contribution in [2.45, 2.75) is 70.4 Å². The zero-order valence-electron chi connectivity index (χ0n) is 17.7. The van der Waals surface area contributed by atoms with Crippen molar-refractivity contribution in [1.29, 1.82) is 0 Å². The molecule has 0 amide bonds. The van der Waals surface area contributed by atoms with E-state index in [9.17, 15) is 9.90 Å². The molecule has 1 aromatic heterocycles. The van der Waals surface area contributed by atoms with Crippen LogP contribution in [0.5, 0.6) is 0 Å². The number of fused-ring (bicyclic) bond motifs is 4. The number of imidazole rings is 1. The quantitative estimate of drug-likeness (QED) is 0.781. The number of hydrogen-bond acceptors (Lipinski definition) is 3. The molecule has 4 atom stereocenters. The standard InChI is InChI=1S/C24H27N3O2/c1-6-17-19(21(28)29)27-12-24(5)16-10-8-7-9-15(16)13(2)18-14(3)25-11-23(4,20(18)24)22(27)26-17/h7-11,13-14H,6,12H2,1-5H3,(H,28,29). The van der Waals surface area contributed by atoms with Crippen LogP contribution in [0.4, 0.5) is 0 Å². The molecule has 29 heavy (non-hydrogen) atoms. The van der Waals surface area contributed by atoms with Crippen molar-refractivity contribution in [3.8, 4) is 0 Å². The molecule has 2 aromatic rings. The van der Waals surface area contributed by atoms with Gasteiger partial charge in [0.2, 0.25) is 0 Å². The Bertz CT molecular complexity index is 1130. The highest BCUT2D eigenvalue weighted by Gasteiger charge is 2.56. The van der Waals surface area contributed by atoms with Crippen LogP contribution in [0, 0.1) is 0 Å². The first kappa shape index (κ1) is 18.3. The smallest absolute Gasteiger partial charge is 0.354 e. The van der Waals surface area contributed by atoms with Crippen molar-refractivity contribution in [3.63, 3.8) is 0 Å². The molecule has 0 fully saturated rings. The van der Waals surface area contributed by atoms with Crippen molar-refractivity contribution in [2.75, 3.05) is 0 Å². The Balaban J connectivity index is 1.91. The number of aliphatic imine (C=N–C) groups is 1. The number of carbonyl (C=O) groups is 1. The van der Waals surface area contributed by atoms with E-state index in [1.165, 1.54) is 22.3 Å². The second kappa shape index (κ2) is 5.68. The summed E-state index contributed by atoms with van der Waals surface area (Å²) in [7, 11) is 0. The maximum Gasteiger partial charge on any atom is 0.354 e. The normalized spacial score (nSPS) is 31.9. The van der Waals surface area contributed by atoms with E-state index in [1.807, 2.05) is 17.7 Å². The molecule has 1 aliphatic carbocycles. The Morgan fingerprint density at radius 3 is 2.69 bits per heavy atom. The summed E-state index contributed by atoms with van der Waals surface area (Å²) in [5.41, 5.74) is 5.56. The maximum absolute atomic E-state index is 12.2. The summed E-state index contributed by atoms with van der Waals surface area (Å²) in [5, 5.41) is 10.0. The molecular weight excluding hydrogens is 362 g/mol. The van der Waals surface area contributed by atoms with E-state index < -0.39 is 11.4 Å². The molecule has 1 aromatic carbocycles. The molecule has 1 N–H and O–H groups in total. The van der Waals surface area contributed by atoms with Crippen LogP contribution in [0.1, 0.15) is 73.7 Å². The number of benzene rings is 1. The zero-order chi connectivity index (χ0) is 20.7. The lowest BCUT2D eigenvalue weighted by molar-refractivity contribution is 0.0680. The molecule has 0 spiro atoms. The first-order valence-electron chi connectivity index (χ1n) is 10.5. The summed E-state index contributed by atoms with van der Waals surface area (Å²) in [6, 6.07) is 8.75. The number of carboxylic acids is 1. The van der Waals surface area contributed by atoms with Gasteiger partial charge < -0.3 is 9.67 Å². The molecule has 2 aliphatic heterocycles.